The minimum atomic E-state index is -0.733. The monoisotopic (exact) mass is 418 g/mol. The van der Waals surface area contributed by atoms with Crippen molar-refractivity contribution >= 4 is 27.6 Å². The number of phenolic OH excluding ortho intramolecular Hbond substituents is 1. The molecule has 1 aromatic carbocycles. The first-order valence-corrected chi connectivity index (χ1v) is 10.6. The van der Waals surface area contributed by atoms with E-state index >= 15 is 0 Å². The van der Waals surface area contributed by atoms with Gasteiger partial charge in [0.25, 0.3) is 0 Å². The third-order valence-corrected chi connectivity index (χ3v) is 6.55. The molecular formula is C23H23FN6O. The van der Waals surface area contributed by atoms with Crippen molar-refractivity contribution in [3.05, 3.63) is 42.0 Å². The quantitative estimate of drug-likeness (QED) is 0.520. The van der Waals surface area contributed by atoms with Crippen LogP contribution in [0.5, 0.6) is 5.75 Å². The number of aromatic nitrogens is 4. The van der Waals surface area contributed by atoms with Crippen LogP contribution in [0.2, 0.25) is 0 Å². The SMILES string of the molecule is Cc1cc(-c2cc3cn(C)nc3c(F)c2O)nc2ncc(N3CCNC4(CC4)C3)cc12. The van der Waals surface area contributed by atoms with Crippen molar-refractivity contribution in [2.75, 3.05) is 24.5 Å². The Kier molecular flexibility index (Phi) is 3.80. The molecule has 0 amide bonds. The Bertz CT molecular complexity index is 1360. The fraction of sp³-hybridized carbons (Fsp3) is 0.348. The van der Waals surface area contributed by atoms with Gasteiger partial charge in [-0.05, 0) is 43.5 Å². The van der Waals surface area contributed by atoms with Gasteiger partial charge in [0.05, 0.1) is 17.6 Å². The van der Waals surface area contributed by atoms with Crippen LogP contribution in [0.4, 0.5) is 10.1 Å². The molecule has 8 heteroatoms. The first-order chi connectivity index (χ1) is 14.9. The third-order valence-electron chi connectivity index (χ3n) is 6.55. The second-order valence-electron chi connectivity index (χ2n) is 8.85. The zero-order valence-corrected chi connectivity index (χ0v) is 17.5. The van der Waals surface area contributed by atoms with Crippen LogP contribution in [-0.2, 0) is 7.05 Å². The summed E-state index contributed by atoms with van der Waals surface area (Å²) < 4.78 is 16.2. The number of pyridine rings is 2. The number of fused-ring (bicyclic) bond motifs is 2. The Morgan fingerprint density at radius 2 is 2.06 bits per heavy atom. The van der Waals surface area contributed by atoms with Gasteiger partial charge in [-0.25, -0.2) is 14.4 Å². The number of aryl methyl sites for hydroxylation is 2. The van der Waals surface area contributed by atoms with E-state index in [0.29, 0.717) is 22.3 Å². The summed E-state index contributed by atoms with van der Waals surface area (Å²) in [4.78, 5) is 11.7. The van der Waals surface area contributed by atoms with E-state index in [0.717, 1.165) is 36.3 Å². The van der Waals surface area contributed by atoms with E-state index < -0.39 is 11.6 Å². The van der Waals surface area contributed by atoms with Crippen molar-refractivity contribution in [3.63, 3.8) is 0 Å². The summed E-state index contributed by atoms with van der Waals surface area (Å²) in [5, 5.41) is 19.8. The minimum Gasteiger partial charge on any atom is -0.504 e. The summed E-state index contributed by atoms with van der Waals surface area (Å²) in [5.41, 5.74) is 3.93. The molecule has 2 fully saturated rings. The van der Waals surface area contributed by atoms with Gasteiger partial charge in [-0.15, -0.1) is 0 Å². The number of nitrogens with one attached hydrogen (secondary N) is 1. The lowest BCUT2D eigenvalue weighted by Crippen LogP contribution is -2.52. The first-order valence-electron chi connectivity index (χ1n) is 10.6. The second kappa shape index (κ2) is 6.37. The lowest BCUT2D eigenvalue weighted by molar-refractivity contribution is 0.437. The summed E-state index contributed by atoms with van der Waals surface area (Å²) in [5.74, 6) is -1.17. The van der Waals surface area contributed by atoms with Gasteiger partial charge in [0.15, 0.2) is 17.2 Å². The molecule has 2 aliphatic rings. The Labute approximate surface area is 178 Å². The molecule has 3 aromatic heterocycles. The molecule has 1 saturated carbocycles. The number of aromatic hydroxyl groups is 1. The van der Waals surface area contributed by atoms with E-state index in [1.807, 2.05) is 19.2 Å². The van der Waals surface area contributed by atoms with Gasteiger partial charge in [0.1, 0.15) is 5.52 Å². The zero-order chi connectivity index (χ0) is 21.3. The van der Waals surface area contributed by atoms with E-state index in [4.69, 9.17) is 0 Å². The van der Waals surface area contributed by atoms with E-state index in [1.165, 1.54) is 17.5 Å². The van der Waals surface area contributed by atoms with Crippen LogP contribution in [0.3, 0.4) is 0 Å². The van der Waals surface area contributed by atoms with Crippen LogP contribution in [0.25, 0.3) is 33.2 Å². The molecule has 1 saturated heterocycles. The Morgan fingerprint density at radius 1 is 1.23 bits per heavy atom. The number of anilines is 1. The number of hydrogen-bond donors (Lipinski definition) is 2. The highest BCUT2D eigenvalue weighted by molar-refractivity contribution is 5.90. The van der Waals surface area contributed by atoms with E-state index in [1.54, 1.807) is 19.3 Å². The number of piperazine rings is 1. The maximum absolute atomic E-state index is 14.7. The molecule has 158 valence electrons. The number of halogens is 1. The van der Waals surface area contributed by atoms with Crippen molar-refractivity contribution < 1.29 is 9.50 Å². The van der Waals surface area contributed by atoms with Crippen molar-refractivity contribution in [1.29, 1.82) is 0 Å². The molecule has 4 heterocycles. The smallest absolute Gasteiger partial charge is 0.193 e. The van der Waals surface area contributed by atoms with Crippen molar-refractivity contribution in [2.45, 2.75) is 25.3 Å². The average molecular weight is 418 g/mol. The molecule has 31 heavy (non-hydrogen) atoms. The molecule has 0 atom stereocenters. The van der Waals surface area contributed by atoms with Gasteiger partial charge in [0.2, 0.25) is 0 Å². The van der Waals surface area contributed by atoms with E-state index in [9.17, 15) is 9.50 Å². The molecule has 1 aliphatic heterocycles. The fourth-order valence-electron chi connectivity index (χ4n) is 4.66. The number of benzene rings is 1. The largest absolute Gasteiger partial charge is 0.504 e. The normalized spacial score (nSPS) is 17.7. The number of hydrogen-bond acceptors (Lipinski definition) is 6. The molecule has 4 aromatic rings. The molecule has 0 unspecified atom stereocenters. The van der Waals surface area contributed by atoms with Crippen LogP contribution in [-0.4, -0.2) is 50.0 Å². The van der Waals surface area contributed by atoms with Gasteiger partial charge in [-0.2, -0.15) is 5.10 Å². The molecule has 2 N–H and O–H groups in total. The highest BCUT2D eigenvalue weighted by Gasteiger charge is 2.45. The zero-order valence-electron chi connectivity index (χ0n) is 17.5. The van der Waals surface area contributed by atoms with Crippen molar-refractivity contribution in [1.82, 2.24) is 25.1 Å². The van der Waals surface area contributed by atoms with Gasteiger partial charge in [0, 0.05) is 54.8 Å². The third kappa shape index (κ3) is 2.93. The second-order valence-corrected chi connectivity index (χ2v) is 8.85. The molecule has 1 aliphatic carbocycles. The number of nitrogens with zero attached hydrogens (tertiary/aromatic N) is 5. The summed E-state index contributed by atoms with van der Waals surface area (Å²) in [6, 6.07) is 5.74. The van der Waals surface area contributed by atoms with Crippen molar-refractivity contribution in [2.24, 2.45) is 7.05 Å². The molecule has 0 radical (unpaired) electrons. The van der Waals surface area contributed by atoms with E-state index in [-0.39, 0.29) is 11.1 Å². The minimum absolute atomic E-state index is 0.147. The van der Waals surface area contributed by atoms with Crippen LogP contribution in [0.15, 0.2) is 30.6 Å². The molecule has 6 rings (SSSR count). The molecule has 7 nitrogen and oxygen atoms in total. The van der Waals surface area contributed by atoms with Crippen LogP contribution < -0.4 is 10.2 Å². The molecule has 1 spiro atoms. The van der Waals surface area contributed by atoms with Crippen LogP contribution in [0.1, 0.15) is 18.4 Å². The highest BCUT2D eigenvalue weighted by atomic mass is 19.1. The highest BCUT2D eigenvalue weighted by Crippen LogP contribution is 2.40. The van der Waals surface area contributed by atoms with Gasteiger partial charge in [-0.3, -0.25) is 4.68 Å². The first kappa shape index (κ1) is 18.5. The maximum Gasteiger partial charge on any atom is 0.193 e. The Balaban J connectivity index is 1.43. The topological polar surface area (TPSA) is 79.1 Å². The summed E-state index contributed by atoms with van der Waals surface area (Å²) >= 11 is 0. The summed E-state index contributed by atoms with van der Waals surface area (Å²) in [7, 11) is 1.72. The van der Waals surface area contributed by atoms with Crippen molar-refractivity contribution in [3.8, 4) is 17.0 Å². The Hall–Kier alpha value is -3.26. The van der Waals surface area contributed by atoms with Gasteiger partial charge in [-0.1, -0.05) is 0 Å². The lowest BCUT2D eigenvalue weighted by Gasteiger charge is -2.35. The number of phenols is 1. The lowest BCUT2D eigenvalue weighted by atomic mass is 10.0. The predicted molar refractivity (Wildman–Crippen MR) is 118 cm³/mol. The van der Waals surface area contributed by atoms with Gasteiger partial charge < -0.3 is 15.3 Å². The number of rotatable bonds is 2. The average Bonchev–Trinajstić information content (AvgIpc) is 3.38. The summed E-state index contributed by atoms with van der Waals surface area (Å²) in [6.45, 7) is 4.94. The molecular weight excluding hydrogens is 395 g/mol. The fourth-order valence-corrected chi connectivity index (χ4v) is 4.66. The summed E-state index contributed by atoms with van der Waals surface area (Å²) in [6.07, 6.45) is 6.05. The predicted octanol–water partition coefficient (Wildman–Crippen LogP) is 3.28. The maximum atomic E-state index is 14.7. The molecule has 0 bridgehead atoms. The van der Waals surface area contributed by atoms with E-state index in [2.05, 4.69) is 31.3 Å². The van der Waals surface area contributed by atoms with Gasteiger partial charge >= 0.3 is 0 Å². The van der Waals surface area contributed by atoms with Crippen LogP contribution >= 0.6 is 0 Å². The standard InChI is InChI=1S/C23H23FN6O/c1-13-7-18(17-8-14-11-29(2)28-20(14)19(24)21(17)31)27-22-16(13)9-15(10-25-22)30-6-5-26-23(12-30)3-4-23/h7-11,26,31H,3-6,12H2,1-2H3. The Morgan fingerprint density at radius 3 is 2.87 bits per heavy atom. The van der Waals surface area contributed by atoms with Crippen LogP contribution in [0, 0.1) is 12.7 Å².